The standard InChI is InChI=1S/C16H25NO3/c1-14(2,3)19-13(18)17-11-5-6-12(17)10-16(9-11)15(20-16)7-4-8-15/h11-12H,4-10H2,1-3H3/t11-,12?,16?/m1/s1. The third kappa shape index (κ3) is 1.66. The highest BCUT2D eigenvalue weighted by Gasteiger charge is 2.75. The van der Waals surface area contributed by atoms with E-state index in [-0.39, 0.29) is 17.3 Å². The van der Waals surface area contributed by atoms with E-state index in [1.165, 1.54) is 19.3 Å². The topological polar surface area (TPSA) is 42.1 Å². The molecule has 4 rings (SSSR count). The minimum atomic E-state index is -0.406. The quantitative estimate of drug-likeness (QED) is 0.639. The first-order valence-corrected chi connectivity index (χ1v) is 8.06. The average Bonchev–Trinajstić information content (AvgIpc) is 2.82. The van der Waals surface area contributed by atoms with Crippen molar-refractivity contribution in [1.82, 2.24) is 4.90 Å². The molecule has 3 atom stereocenters. The van der Waals surface area contributed by atoms with Gasteiger partial charge < -0.3 is 14.4 Å². The molecule has 2 bridgehead atoms. The van der Waals surface area contributed by atoms with Gasteiger partial charge in [0.1, 0.15) is 11.2 Å². The normalized spacial score (nSPS) is 40.9. The van der Waals surface area contributed by atoms with E-state index in [0.29, 0.717) is 12.1 Å². The molecule has 0 radical (unpaired) electrons. The van der Waals surface area contributed by atoms with Crippen molar-refractivity contribution in [3.63, 3.8) is 0 Å². The van der Waals surface area contributed by atoms with Crippen LogP contribution in [0.1, 0.15) is 65.7 Å². The van der Waals surface area contributed by atoms with Crippen LogP contribution in [0, 0.1) is 0 Å². The summed E-state index contributed by atoms with van der Waals surface area (Å²) in [7, 11) is 0. The van der Waals surface area contributed by atoms with Crippen LogP contribution in [0.15, 0.2) is 0 Å². The maximum Gasteiger partial charge on any atom is 0.410 e. The Bertz CT molecular complexity index is 435. The lowest BCUT2D eigenvalue weighted by molar-refractivity contribution is -0.00119. The van der Waals surface area contributed by atoms with Crippen LogP contribution in [0.3, 0.4) is 0 Å². The lowest BCUT2D eigenvalue weighted by Gasteiger charge is -2.40. The predicted octanol–water partition coefficient (Wildman–Crippen LogP) is 3.24. The molecule has 1 saturated carbocycles. The predicted molar refractivity (Wildman–Crippen MR) is 74.5 cm³/mol. The van der Waals surface area contributed by atoms with Crippen molar-refractivity contribution in [1.29, 1.82) is 0 Å². The van der Waals surface area contributed by atoms with Crippen molar-refractivity contribution in [2.75, 3.05) is 0 Å². The van der Waals surface area contributed by atoms with Crippen molar-refractivity contribution in [3.05, 3.63) is 0 Å². The van der Waals surface area contributed by atoms with Gasteiger partial charge in [0.25, 0.3) is 0 Å². The van der Waals surface area contributed by atoms with Crippen molar-refractivity contribution >= 4 is 6.09 Å². The van der Waals surface area contributed by atoms with Gasteiger partial charge in [0.15, 0.2) is 0 Å². The second-order valence-electron chi connectivity index (χ2n) is 8.13. The van der Waals surface area contributed by atoms with Gasteiger partial charge in [0.2, 0.25) is 0 Å². The Morgan fingerprint density at radius 2 is 1.75 bits per heavy atom. The molecule has 1 amide bonds. The Morgan fingerprint density at radius 1 is 1.15 bits per heavy atom. The number of carbonyl (C=O) groups excluding carboxylic acids is 1. The first-order chi connectivity index (χ1) is 9.34. The number of rotatable bonds is 0. The molecule has 4 nitrogen and oxygen atoms in total. The summed E-state index contributed by atoms with van der Waals surface area (Å²) in [5, 5.41) is 0. The molecule has 3 heterocycles. The number of piperidine rings is 1. The first-order valence-electron chi connectivity index (χ1n) is 8.06. The summed E-state index contributed by atoms with van der Waals surface area (Å²) in [4.78, 5) is 14.4. The zero-order valence-electron chi connectivity index (χ0n) is 12.8. The van der Waals surface area contributed by atoms with Crippen LogP contribution in [0.5, 0.6) is 0 Å². The molecule has 112 valence electrons. The van der Waals surface area contributed by atoms with Crippen molar-refractivity contribution < 1.29 is 14.3 Å². The van der Waals surface area contributed by atoms with Gasteiger partial charge in [-0.2, -0.15) is 0 Å². The average molecular weight is 279 g/mol. The molecular weight excluding hydrogens is 254 g/mol. The highest BCUT2D eigenvalue weighted by Crippen LogP contribution is 2.67. The lowest BCUT2D eigenvalue weighted by atomic mass is 9.70. The van der Waals surface area contributed by atoms with Gasteiger partial charge in [-0.15, -0.1) is 0 Å². The molecule has 2 unspecified atom stereocenters. The van der Waals surface area contributed by atoms with Gasteiger partial charge in [0, 0.05) is 12.1 Å². The van der Waals surface area contributed by atoms with Crippen LogP contribution < -0.4 is 0 Å². The van der Waals surface area contributed by atoms with Crippen molar-refractivity contribution in [2.24, 2.45) is 0 Å². The number of carbonyl (C=O) groups is 1. The fourth-order valence-electron chi connectivity index (χ4n) is 4.68. The highest BCUT2D eigenvalue weighted by atomic mass is 16.6. The van der Waals surface area contributed by atoms with Crippen molar-refractivity contribution in [2.45, 2.75) is 94.6 Å². The molecule has 3 aliphatic heterocycles. The number of fused-ring (bicyclic) bond motifs is 3. The van der Waals surface area contributed by atoms with Gasteiger partial charge in [0.05, 0.1) is 5.60 Å². The van der Waals surface area contributed by atoms with E-state index in [1.54, 1.807) is 0 Å². The van der Waals surface area contributed by atoms with Gasteiger partial charge in [-0.05, 0) is 65.7 Å². The number of hydrogen-bond donors (Lipinski definition) is 0. The Kier molecular flexibility index (Phi) is 2.39. The lowest BCUT2D eigenvalue weighted by Crippen LogP contribution is -2.53. The van der Waals surface area contributed by atoms with E-state index in [2.05, 4.69) is 0 Å². The third-order valence-corrected chi connectivity index (χ3v) is 5.70. The Balaban J connectivity index is 1.49. The van der Waals surface area contributed by atoms with Gasteiger partial charge in [-0.1, -0.05) is 0 Å². The van der Waals surface area contributed by atoms with Gasteiger partial charge >= 0.3 is 6.09 Å². The molecule has 0 aromatic carbocycles. The Morgan fingerprint density at radius 3 is 2.15 bits per heavy atom. The molecule has 4 fully saturated rings. The number of amides is 1. The summed E-state index contributed by atoms with van der Waals surface area (Å²) in [5.74, 6) is 0. The van der Waals surface area contributed by atoms with Crippen molar-refractivity contribution in [3.8, 4) is 0 Å². The van der Waals surface area contributed by atoms with Crippen LogP contribution in [0.2, 0.25) is 0 Å². The summed E-state index contributed by atoms with van der Waals surface area (Å²) in [5.41, 5.74) is -0.0691. The van der Waals surface area contributed by atoms with E-state index >= 15 is 0 Å². The van der Waals surface area contributed by atoms with E-state index in [9.17, 15) is 4.79 Å². The van der Waals surface area contributed by atoms with E-state index in [4.69, 9.17) is 9.47 Å². The van der Waals surface area contributed by atoms with E-state index in [1.807, 2.05) is 25.7 Å². The molecule has 3 saturated heterocycles. The maximum absolute atomic E-state index is 12.4. The van der Waals surface area contributed by atoms with Crippen LogP contribution >= 0.6 is 0 Å². The fourth-order valence-corrected chi connectivity index (χ4v) is 4.68. The monoisotopic (exact) mass is 279 g/mol. The summed E-state index contributed by atoms with van der Waals surface area (Å²) in [6.07, 6.45) is 7.95. The molecule has 4 aliphatic rings. The molecule has 0 N–H and O–H groups in total. The number of nitrogens with zero attached hydrogens (tertiary/aromatic N) is 1. The van der Waals surface area contributed by atoms with Crippen LogP contribution in [-0.2, 0) is 9.47 Å². The SMILES string of the molecule is CC(C)(C)OC(=O)N1C2CC[C@@H]1CC1(C2)OC12CCC2. The minimum absolute atomic E-state index is 0.121. The van der Waals surface area contributed by atoms with Crippen LogP contribution in [0.4, 0.5) is 4.79 Å². The van der Waals surface area contributed by atoms with Crippen LogP contribution in [-0.4, -0.2) is 39.9 Å². The molecule has 0 aromatic heterocycles. The molecule has 2 spiro atoms. The smallest absolute Gasteiger partial charge is 0.410 e. The molecule has 1 aliphatic carbocycles. The number of epoxide rings is 1. The highest BCUT2D eigenvalue weighted by molar-refractivity contribution is 5.70. The molecule has 0 aromatic rings. The molecule has 4 heteroatoms. The first kappa shape index (κ1) is 12.9. The summed E-state index contributed by atoms with van der Waals surface area (Å²) in [6.45, 7) is 5.81. The van der Waals surface area contributed by atoms with Crippen LogP contribution in [0.25, 0.3) is 0 Å². The summed E-state index contributed by atoms with van der Waals surface area (Å²) in [6, 6.07) is 0.673. The zero-order chi connectivity index (χ0) is 14.2. The minimum Gasteiger partial charge on any atom is -0.444 e. The largest absolute Gasteiger partial charge is 0.444 e. The summed E-state index contributed by atoms with van der Waals surface area (Å²) < 4.78 is 11.8. The molecule has 20 heavy (non-hydrogen) atoms. The van der Waals surface area contributed by atoms with Gasteiger partial charge in [-0.25, -0.2) is 4.79 Å². The zero-order valence-corrected chi connectivity index (χ0v) is 12.8. The Labute approximate surface area is 120 Å². The van der Waals surface area contributed by atoms with Gasteiger partial charge in [-0.3, -0.25) is 0 Å². The molecular formula is C16H25NO3. The maximum atomic E-state index is 12.4. The summed E-state index contributed by atoms with van der Waals surface area (Å²) >= 11 is 0. The number of hydrogen-bond acceptors (Lipinski definition) is 3. The third-order valence-electron chi connectivity index (χ3n) is 5.70. The fraction of sp³-hybridized carbons (Fsp3) is 0.938. The van der Waals surface area contributed by atoms with E-state index < -0.39 is 5.60 Å². The van der Waals surface area contributed by atoms with E-state index in [0.717, 1.165) is 25.7 Å². The second kappa shape index (κ2) is 3.70. The second-order valence-corrected chi connectivity index (χ2v) is 8.13. The number of ether oxygens (including phenoxy) is 2. The Hall–Kier alpha value is -0.770.